The maximum atomic E-state index is 11.3. The van der Waals surface area contributed by atoms with Crippen molar-refractivity contribution in [2.75, 3.05) is 13.2 Å². The molecule has 6 heteroatoms. The molecule has 1 aromatic heterocycles. The number of aliphatic hydroxyl groups is 1. The van der Waals surface area contributed by atoms with Gasteiger partial charge in [0.2, 0.25) is 0 Å². The lowest BCUT2D eigenvalue weighted by molar-refractivity contribution is -0.153. The number of nitrogens with zero attached hydrogens (tertiary/aromatic N) is 1. The molecule has 2 aromatic carbocycles. The molecule has 3 aromatic rings. The zero-order valence-electron chi connectivity index (χ0n) is 20.9. The normalized spacial score (nSPS) is 13.5. The van der Waals surface area contributed by atoms with Gasteiger partial charge in [-0.1, -0.05) is 63.7 Å². The van der Waals surface area contributed by atoms with Gasteiger partial charge in [0.15, 0.2) is 0 Å². The minimum absolute atomic E-state index is 0.174. The molecule has 3 atom stereocenters. The van der Waals surface area contributed by atoms with Gasteiger partial charge in [-0.05, 0) is 38.8 Å². The van der Waals surface area contributed by atoms with E-state index in [1.54, 1.807) is 6.92 Å². The van der Waals surface area contributed by atoms with Crippen LogP contribution in [-0.4, -0.2) is 40.9 Å². The van der Waals surface area contributed by atoms with Crippen LogP contribution in [0.3, 0.4) is 0 Å². The number of aromatic nitrogens is 1. The van der Waals surface area contributed by atoms with E-state index in [4.69, 9.17) is 9.47 Å². The molecule has 3 unspecified atom stereocenters. The Hall–Kier alpha value is -3.12. The van der Waals surface area contributed by atoms with E-state index < -0.39 is 12.1 Å². The molecule has 0 bridgehead atoms. The molecular formula is C28H37NO5. The molecule has 0 radical (unpaired) electrons. The van der Waals surface area contributed by atoms with Crippen molar-refractivity contribution in [2.45, 2.75) is 59.6 Å². The van der Waals surface area contributed by atoms with Gasteiger partial charge < -0.3 is 19.1 Å². The highest BCUT2D eigenvalue weighted by molar-refractivity contribution is 6.08. The molecule has 0 saturated heterocycles. The average Bonchev–Trinajstić information content (AvgIpc) is 3.19. The molecule has 3 rings (SSSR count). The SMILES string of the molecule is C=C(C)C(=O)OCC(O)COC(=O)C(C)CC.CCC(C)n1c2ccccc2c2ccccc21. The van der Waals surface area contributed by atoms with Crippen molar-refractivity contribution in [3.05, 3.63) is 60.7 Å². The number of rotatable bonds is 9. The lowest BCUT2D eigenvalue weighted by Gasteiger charge is -2.14. The zero-order chi connectivity index (χ0) is 25.3. The maximum absolute atomic E-state index is 11.3. The number of aliphatic hydroxyl groups excluding tert-OH is 1. The Morgan fingerprint density at radius 2 is 1.41 bits per heavy atom. The molecule has 34 heavy (non-hydrogen) atoms. The molecule has 1 N–H and O–H groups in total. The summed E-state index contributed by atoms with van der Waals surface area (Å²) >= 11 is 0. The smallest absolute Gasteiger partial charge is 0.333 e. The Labute approximate surface area is 202 Å². The van der Waals surface area contributed by atoms with Gasteiger partial charge in [0.05, 0.1) is 5.92 Å². The van der Waals surface area contributed by atoms with Crippen molar-refractivity contribution in [1.82, 2.24) is 4.57 Å². The molecule has 0 aliphatic rings. The lowest BCUT2D eigenvalue weighted by Crippen LogP contribution is -2.27. The molecule has 6 nitrogen and oxygen atoms in total. The van der Waals surface area contributed by atoms with E-state index in [0.29, 0.717) is 12.5 Å². The molecule has 0 fully saturated rings. The van der Waals surface area contributed by atoms with Crippen molar-refractivity contribution < 1.29 is 24.2 Å². The van der Waals surface area contributed by atoms with Crippen LogP contribution in [0.4, 0.5) is 0 Å². The van der Waals surface area contributed by atoms with E-state index in [9.17, 15) is 14.7 Å². The average molecular weight is 468 g/mol. The number of hydrogen-bond donors (Lipinski definition) is 1. The fourth-order valence-corrected chi connectivity index (χ4v) is 3.44. The first kappa shape index (κ1) is 27.1. The number of hydrogen-bond acceptors (Lipinski definition) is 5. The second kappa shape index (κ2) is 12.9. The molecule has 1 heterocycles. The number of carbonyl (C=O) groups excluding carboxylic acids is 2. The fraction of sp³-hybridized carbons (Fsp3) is 0.429. The Morgan fingerprint density at radius 1 is 0.912 bits per heavy atom. The number of ether oxygens (including phenoxy) is 2. The number of esters is 2. The van der Waals surface area contributed by atoms with Crippen molar-refractivity contribution in [1.29, 1.82) is 0 Å². The van der Waals surface area contributed by atoms with Gasteiger partial charge in [-0.15, -0.1) is 0 Å². The molecule has 0 aliphatic heterocycles. The monoisotopic (exact) mass is 467 g/mol. The zero-order valence-corrected chi connectivity index (χ0v) is 20.9. The van der Waals surface area contributed by atoms with Gasteiger partial charge in [0, 0.05) is 33.4 Å². The van der Waals surface area contributed by atoms with Gasteiger partial charge >= 0.3 is 11.9 Å². The van der Waals surface area contributed by atoms with Crippen molar-refractivity contribution in [3.8, 4) is 0 Å². The minimum atomic E-state index is -1.01. The predicted octanol–water partition coefficient (Wildman–Crippen LogP) is 5.82. The van der Waals surface area contributed by atoms with E-state index in [1.165, 1.54) is 28.7 Å². The summed E-state index contributed by atoms with van der Waals surface area (Å²) in [7, 11) is 0. The summed E-state index contributed by atoms with van der Waals surface area (Å²) in [5, 5.41) is 12.1. The highest BCUT2D eigenvalue weighted by atomic mass is 16.6. The van der Waals surface area contributed by atoms with Crippen LogP contribution in [-0.2, 0) is 19.1 Å². The fourth-order valence-electron chi connectivity index (χ4n) is 3.44. The second-order valence-electron chi connectivity index (χ2n) is 8.63. The summed E-state index contributed by atoms with van der Waals surface area (Å²) in [5.41, 5.74) is 2.96. The summed E-state index contributed by atoms with van der Waals surface area (Å²) in [6.45, 7) is 12.7. The number of benzene rings is 2. The quantitative estimate of drug-likeness (QED) is 0.317. The summed E-state index contributed by atoms with van der Waals surface area (Å²) in [4.78, 5) is 22.3. The van der Waals surface area contributed by atoms with Gasteiger partial charge in [-0.25, -0.2) is 4.79 Å². The van der Waals surface area contributed by atoms with Crippen LogP contribution in [0.2, 0.25) is 0 Å². The summed E-state index contributed by atoms with van der Waals surface area (Å²) in [6, 6.07) is 17.9. The van der Waals surface area contributed by atoms with E-state index in [1.807, 2.05) is 6.92 Å². The van der Waals surface area contributed by atoms with Crippen LogP contribution in [0.25, 0.3) is 21.8 Å². The number of para-hydroxylation sites is 2. The lowest BCUT2D eigenvalue weighted by atomic mass is 10.1. The van der Waals surface area contributed by atoms with Crippen molar-refractivity contribution in [3.63, 3.8) is 0 Å². The van der Waals surface area contributed by atoms with Crippen LogP contribution in [0.1, 0.15) is 53.5 Å². The van der Waals surface area contributed by atoms with Gasteiger partial charge in [-0.2, -0.15) is 0 Å². The van der Waals surface area contributed by atoms with Crippen molar-refractivity contribution >= 4 is 33.7 Å². The second-order valence-corrected chi connectivity index (χ2v) is 8.63. The van der Waals surface area contributed by atoms with Crippen LogP contribution < -0.4 is 0 Å². The van der Waals surface area contributed by atoms with Crippen LogP contribution in [0.15, 0.2) is 60.7 Å². The molecule has 0 amide bonds. The molecule has 0 spiro atoms. The third-order valence-electron chi connectivity index (χ3n) is 5.84. The molecule has 0 saturated carbocycles. The highest BCUT2D eigenvalue weighted by Crippen LogP contribution is 2.32. The van der Waals surface area contributed by atoms with Crippen LogP contribution in [0.5, 0.6) is 0 Å². The van der Waals surface area contributed by atoms with E-state index in [2.05, 4.69) is 73.5 Å². The first-order chi connectivity index (χ1) is 16.2. The van der Waals surface area contributed by atoms with Crippen LogP contribution in [0, 0.1) is 5.92 Å². The molecular weight excluding hydrogens is 430 g/mol. The summed E-state index contributed by atoms with van der Waals surface area (Å²) in [5.74, 6) is -1.13. The summed E-state index contributed by atoms with van der Waals surface area (Å²) < 4.78 is 12.0. The van der Waals surface area contributed by atoms with Gasteiger partial charge in [-0.3, -0.25) is 4.79 Å². The predicted molar refractivity (Wildman–Crippen MR) is 137 cm³/mol. The first-order valence-corrected chi connectivity index (χ1v) is 11.9. The third-order valence-corrected chi connectivity index (χ3v) is 5.84. The van der Waals surface area contributed by atoms with Crippen LogP contribution >= 0.6 is 0 Å². The van der Waals surface area contributed by atoms with Crippen molar-refractivity contribution in [2.24, 2.45) is 5.92 Å². The van der Waals surface area contributed by atoms with E-state index >= 15 is 0 Å². The summed E-state index contributed by atoms with van der Waals surface area (Å²) in [6.07, 6.45) is 0.828. The Kier molecular flexibility index (Phi) is 10.3. The largest absolute Gasteiger partial charge is 0.463 e. The minimum Gasteiger partial charge on any atom is -0.463 e. The van der Waals surface area contributed by atoms with Gasteiger partial charge in [0.1, 0.15) is 19.3 Å². The number of fused-ring (bicyclic) bond motifs is 3. The molecule has 0 aliphatic carbocycles. The standard InChI is InChI=1S/C16H17N.C12H20O5/c1-3-12(2)17-15-10-6-4-8-13(15)14-9-5-7-11-16(14)17;1-5-9(4)12(15)17-7-10(13)6-16-11(14)8(2)3/h4-12H,3H2,1-2H3;9-10,13H,2,5-7H2,1,3-4H3. The van der Waals surface area contributed by atoms with E-state index in [-0.39, 0.29) is 30.7 Å². The Morgan fingerprint density at radius 3 is 1.88 bits per heavy atom. The van der Waals surface area contributed by atoms with E-state index in [0.717, 1.165) is 6.42 Å². The maximum Gasteiger partial charge on any atom is 0.333 e. The topological polar surface area (TPSA) is 77.8 Å². The first-order valence-electron chi connectivity index (χ1n) is 11.9. The van der Waals surface area contributed by atoms with Gasteiger partial charge in [0.25, 0.3) is 0 Å². The Balaban J connectivity index is 0.000000240. The molecule has 184 valence electrons. The Bertz CT molecular complexity index is 1060. The highest BCUT2D eigenvalue weighted by Gasteiger charge is 2.16. The number of carbonyl (C=O) groups is 2. The third kappa shape index (κ3) is 6.94.